The maximum atomic E-state index is 12.5. The smallest absolute Gasteiger partial charge is 0.345 e. The van der Waals surface area contributed by atoms with Crippen molar-refractivity contribution in [3.05, 3.63) is 84.4 Å². The number of hydrogen-bond acceptors (Lipinski definition) is 5. The topological polar surface area (TPSA) is 61.3 Å². The molecule has 0 aliphatic carbocycles. The van der Waals surface area contributed by atoms with Gasteiger partial charge < -0.3 is 9.47 Å². The summed E-state index contributed by atoms with van der Waals surface area (Å²) in [5, 5.41) is 9.98. The lowest BCUT2D eigenvalue weighted by molar-refractivity contribution is 0.0728. The van der Waals surface area contributed by atoms with Crippen LogP contribution in [0.4, 0.5) is 0 Å². The summed E-state index contributed by atoms with van der Waals surface area (Å²) in [5.41, 5.74) is 2.08. The van der Waals surface area contributed by atoms with Gasteiger partial charge in [0.1, 0.15) is 5.75 Å². The lowest BCUT2D eigenvalue weighted by Crippen LogP contribution is -2.10. The fraction of sp³-hybridized carbons (Fsp3) is 0.0455. The van der Waals surface area contributed by atoms with Gasteiger partial charge in [-0.25, -0.2) is 4.79 Å². The Kier molecular flexibility index (Phi) is 4.49. The molecule has 0 fully saturated rings. The van der Waals surface area contributed by atoms with Crippen LogP contribution in [0.3, 0.4) is 0 Å². The van der Waals surface area contributed by atoms with E-state index in [-0.39, 0.29) is 5.88 Å². The van der Waals surface area contributed by atoms with E-state index in [4.69, 9.17) is 9.47 Å². The quantitative estimate of drug-likeness (QED) is 0.503. The highest BCUT2D eigenvalue weighted by molar-refractivity contribution is 6.05. The van der Waals surface area contributed by atoms with Crippen molar-refractivity contribution in [3.63, 3.8) is 0 Å². The largest absolute Gasteiger partial charge is 0.497 e. The number of rotatable bonds is 4. The highest BCUT2D eigenvalue weighted by Gasteiger charge is 2.13. The van der Waals surface area contributed by atoms with Crippen molar-refractivity contribution < 1.29 is 14.3 Å². The van der Waals surface area contributed by atoms with Gasteiger partial charge in [0.15, 0.2) is 0 Å². The molecule has 0 N–H and O–H groups in total. The van der Waals surface area contributed by atoms with Gasteiger partial charge in [-0.3, -0.25) is 0 Å². The Labute approximate surface area is 156 Å². The molecule has 5 nitrogen and oxygen atoms in total. The molecule has 0 aliphatic rings. The molecule has 0 radical (unpaired) electrons. The summed E-state index contributed by atoms with van der Waals surface area (Å²) in [4.78, 5) is 12.5. The van der Waals surface area contributed by atoms with Crippen molar-refractivity contribution >= 4 is 16.7 Å². The minimum absolute atomic E-state index is 0.158. The van der Waals surface area contributed by atoms with Gasteiger partial charge >= 0.3 is 5.97 Å². The number of carbonyl (C=O) groups excluding carboxylic acids is 1. The van der Waals surface area contributed by atoms with Crippen LogP contribution in [0.2, 0.25) is 0 Å². The van der Waals surface area contributed by atoms with Crippen LogP contribution in [0.15, 0.2) is 78.9 Å². The molecule has 27 heavy (non-hydrogen) atoms. The summed E-state index contributed by atoms with van der Waals surface area (Å²) in [5.74, 6) is 0.468. The van der Waals surface area contributed by atoms with E-state index in [1.807, 2.05) is 60.7 Å². The maximum absolute atomic E-state index is 12.5. The molecule has 3 aromatic carbocycles. The molecule has 1 heterocycles. The Hall–Kier alpha value is -3.73. The van der Waals surface area contributed by atoms with Crippen LogP contribution >= 0.6 is 0 Å². The fourth-order valence-electron chi connectivity index (χ4n) is 2.84. The molecule has 0 spiro atoms. The van der Waals surface area contributed by atoms with Crippen molar-refractivity contribution in [2.75, 3.05) is 7.11 Å². The molecular formula is C22H16N2O3. The third-order valence-electron chi connectivity index (χ3n) is 4.23. The van der Waals surface area contributed by atoms with E-state index in [0.717, 1.165) is 22.1 Å². The highest BCUT2D eigenvalue weighted by Crippen LogP contribution is 2.23. The van der Waals surface area contributed by atoms with Crippen molar-refractivity contribution in [3.8, 4) is 22.9 Å². The number of benzene rings is 3. The van der Waals surface area contributed by atoms with Crippen molar-refractivity contribution in [2.45, 2.75) is 0 Å². The first-order valence-corrected chi connectivity index (χ1v) is 8.43. The van der Waals surface area contributed by atoms with Gasteiger partial charge in [-0.1, -0.05) is 36.4 Å². The first-order valence-electron chi connectivity index (χ1n) is 8.43. The summed E-state index contributed by atoms with van der Waals surface area (Å²) < 4.78 is 10.6. The zero-order valence-electron chi connectivity index (χ0n) is 14.6. The van der Waals surface area contributed by atoms with Crippen LogP contribution in [-0.2, 0) is 0 Å². The van der Waals surface area contributed by atoms with Crippen molar-refractivity contribution in [1.29, 1.82) is 0 Å². The standard InChI is InChI=1S/C22H16N2O3/c1-26-17-11-9-16(10-12-17)20-13-14-21(24-23-20)27-22(25)19-8-4-6-15-5-2-3-7-18(15)19/h2-14H,1H3. The SMILES string of the molecule is COc1ccc(-c2ccc(OC(=O)c3cccc4ccccc34)nn2)cc1. The second-order valence-electron chi connectivity index (χ2n) is 5.90. The Morgan fingerprint density at radius 3 is 2.33 bits per heavy atom. The predicted molar refractivity (Wildman–Crippen MR) is 103 cm³/mol. The summed E-state index contributed by atoms with van der Waals surface area (Å²) in [6.45, 7) is 0. The van der Waals surface area contributed by atoms with Crippen molar-refractivity contribution in [2.24, 2.45) is 0 Å². The van der Waals surface area contributed by atoms with Gasteiger partial charge in [0.25, 0.3) is 0 Å². The molecule has 4 aromatic rings. The summed E-state index contributed by atoms with van der Waals surface area (Å²) in [6.07, 6.45) is 0. The fourth-order valence-corrected chi connectivity index (χ4v) is 2.84. The minimum atomic E-state index is -0.460. The zero-order chi connectivity index (χ0) is 18.6. The molecule has 1 aromatic heterocycles. The van der Waals surface area contributed by atoms with E-state index in [0.29, 0.717) is 11.3 Å². The van der Waals surface area contributed by atoms with E-state index in [2.05, 4.69) is 10.2 Å². The number of nitrogens with zero attached hydrogens (tertiary/aromatic N) is 2. The number of ether oxygens (including phenoxy) is 2. The monoisotopic (exact) mass is 356 g/mol. The predicted octanol–water partition coefficient (Wildman–Crippen LogP) is 4.52. The van der Waals surface area contributed by atoms with Crippen LogP contribution in [0.5, 0.6) is 11.6 Å². The van der Waals surface area contributed by atoms with Crippen molar-refractivity contribution in [1.82, 2.24) is 10.2 Å². The molecule has 0 saturated carbocycles. The molecule has 0 aliphatic heterocycles. The normalized spacial score (nSPS) is 10.6. The first kappa shape index (κ1) is 16.7. The number of fused-ring (bicyclic) bond motifs is 1. The maximum Gasteiger partial charge on any atom is 0.345 e. The Morgan fingerprint density at radius 2 is 1.59 bits per heavy atom. The highest BCUT2D eigenvalue weighted by atomic mass is 16.5. The van der Waals surface area contributed by atoms with Gasteiger partial charge in [-0.2, -0.15) is 0 Å². The third kappa shape index (κ3) is 3.48. The number of esters is 1. The van der Waals surface area contributed by atoms with Gasteiger partial charge in [0, 0.05) is 11.6 Å². The number of methoxy groups -OCH3 is 1. The van der Waals surface area contributed by atoms with Crippen LogP contribution in [0.25, 0.3) is 22.0 Å². The second-order valence-corrected chi connectivity index (χ2v) is 5.90. The van der Waals surface area contributed by atoms with Gasteiger partial charge in [-0.15, -0.1) is 10.2 Å². The Balaban J connectivity index is 1.54. The van der Waals surface area contributed by atoms with Crippen LogP contribution in [0, 0.1) is 0 Å². The van der Waals surface area contributed by atoms with E-state index in [1.165, 1.54) is 0 Å². The molecular weight excluding hydrogens is 340 g/mol. The van der Waals surface area contributed by atoms with E-state index in [1.54, 1.807) is 25.3 Å². The summed E-state index contributed by atoms with van der Waals surface area (Å²) >= 11 is 0. The van der Waals surface area contributed by atoms with Gasteiger partial charge in [0.05, 0.1) is 18.4 Å². The van der Waals surface area contributed by atoms with Crippen LogP contribution in [-0.4, -0.2) is 23.3 Å². The van der Waals surface area contributed by atoms with Crippen LogP contribution < -0.4 is 9.47 Å². The number of aromatic nitrogens is 2. The van der Waals surface area contributed by atoms with Crippen LogP contribution in [0.1, 0.15) is 10.4 Å². The Morgan fingerprint density at radius 1 is 0.815 bits per heavy atom. The summed E-state index contributed by atoms with van der Waals surface area (Å²) in [7, 11) is 1.62. The Bertz CT molecular complexity index is 1090. The van der Waals surface area contributed by atoms with E-state index >= 15 is 0 Å². The first-order chi connectivity index (χ1) is 13.2. The molecule has 132 valence electrons. The minimum Gasteiger partial charge on any atom is -0.497 e. The molecule has 4 rings (SSSR count). The second kappa shape index (κ2) is 7.25. The molecule has 0 unspecified atom stereocenters. The summed E-state index contributed by atoms with van der Waals surface area (Å²) in [6, 6.07) is 24.1. The zero-order valence-corrected chi connectivity index (χ0v) is 14.6. The molecule has 5 heteroatoms. The van der Waals surface area contributed by atoms with Gasteiger partial charge in [0.2, 0.25) is 5.88 Å². The third-order valence-corrected chi connectivity index (χ3v) is 4.23. The average molecular weight is 356 g/mol. The number of carbonyl (C=O) groups is 1. The van der Waals surface area contributed by atoms with E-state index < -0.39 is 5.97 Å². The van der Waals surface area contributed by atoms with E-state index in [9.17, 15) is 4.79 Å². The molecule has 0 atom stereocenters. The molecule has 0 saturated heterocycles. The van der Waals surface area contributed by atoms with Gasteiger partial charge in [-0.05, 0) is 47.2 Å². The number of hydrogen-bond donors (Lipinski definition) is 0. The molecule has 0 amide bonds. The molecule has 0 bridgehead atoms. The lowest BCUT2D eigenvalue weighted by Gasteiger charge is -2.07. The average Bonchev–Trinajstić information content (AvgIpc) is 2.74. The lowest BCUT2D eigenvalue weighted by atomic mass is 10.1.